The zero-order valence-electron chi connectivity index (χ0n) is 13.8. The molecule has 3 atom stereocenters. The van der Waals surface area contributed by atoms with E-state index in [-0.39, 0.29) is 24.8 Å². The molecule has 5 nitrogen and oxygen atoms in total. The summed E-state index contributed by atoms with van der Waals surface area (Å²) >= 11 is 0. The zero-order chi connectivity index (χ0) is 16.2. The highest BCUT2D eigenvalue weighted by Crippen LogP contribution is 2.19. The summed E-state index contributed by atoms with van der Waals surface area (Å²) in [5.41, 5.74) is 0. The van der Waals surface area contributed by atoms with E-state index in [2.05, 4.69) is 6.92 Å². The normalized spacial score (nSPS) is 21.5. The van der Waals surface area contributed by atoms with Crippen molar-refractivity contribution in [3.05, 3.63) is 0 Å². The van der Waals surface area contributed by atoms with E-state index in [1.165, 1.54) is 6.42 Å². The Hall–Kier alpha value is -0.490. The van der Waals surface area contributed by atoms with Gasteiger partial charge in [-0.25, -0.2) is 0 Å². The molecule has 1 aliphatic heterocycles. The Morgan fingerprint density at radius 1 is 1.27 bits per heavy atom. The molecule has 1 heterocycles. The van der Waals surface area contributed by atoms with Gasteiger partial charge in [0.05, 0.1) is 18.8 Å². The lowest BCUT2D eigenvalue weighted by atomic mass is 10.0. The van der Waals surface area contributed by atoms with Crippen LogP contribution in [0.1, 0.15) is 71.1 Å². The maximum Gasteiger partial charge on any atom is 0.157 e. The fraction of sp³-hybridized carbons (Fsp3) is 0.941. The molecule has 0 bridgehead atoms. The van der Waals surface area contributed by atoms with Crippen molar-refractivity contribution in [2.24, 2.45) is 0 Å². The molecule has 1 saturated heterocycles. The van der Waals surface area contributed by atoms with Crippen LogP contribution in [0.5, 0.6) is 0 Å². The predicted octanol–water partition coefficient (Wildman–Crippen LogP) is 2.57. The van der Waals surface area contributed by atoms with E-state index in [1.807, 2.05) is 0 Å². The molecular formula is C17H32O5. The number of hydrogen-bond acceptors (Lipinski definition) is 5. The molecule has 0 aromatic heterocycles. The first-order chi connectivity index (χ1) is 10.7. The van der Waals surface area contributed by atoms with Crippen LogP contribution in [0.3, 0.4) is 0 Å². The number of aliphatic hydroxyl groups is 2. The standard InChI is InChI=1S/C17H32O5/c1-2-16(22-17-11-3-4-12-21-17)10-6-8-14(19)7-5-9-15(20)13-18/h15-18,20H,2-13H2,1H3/t15?,16-,17?/m1/s1. The fourth-order valence-electron chi connectivity index (χ4n) is 2.68. The van der Waals surface area contributed by atoms with Gasteiger partial charge in [-0.05, 0) is 51.4 Å². The molecular weight excluding hydrogens is 284 g/mol. The number of rotatable bonds is 12. The van der Waals surface area contributed by atoms with E-state index < -0.39 is 6.10 Å². The third kappa shape index (κ3) is 8.83. The Bertz CT molecular complexity index is 289. The van der Waals surface area contributed by atoms with Gasteiger partial charge in [0.15, 0.2) is 6.29 Å². The summed E-state index contributed by atoms with van der Waals surface area (Å²) in [5.74, 6) is 0.230. The number of ketones is 1. The topological polar surface area (TPSA) is 76.0 Å². The smallest absolute Gasteiger partial charge is 0.157 e. The molecule has 2 N–H and O–H groups in total. The van der Waals surface area contributed by atoms with E-state index in [0.717, 1.165) is 38.7 Å². The Kier molecular flexibility index (Phi) is 10.7. The summed E-state index contributed by atoms with van der Waals surface area (Å²) in [4.78, 5) is 11.8. The van der Waals surface area contributed by atoms with Crippen LogP contribution in [0, 0.1) is 0 Å². The number of carbonyl (C=O) groups excluding carboxylic acids is 1. The highest BCUT2D eigenvalue weighted by atomic mass is 16.7. The molecule has 0 amide bonds. The zero-order valence-corrected chi connectivity index (χ0v) is 13.8. The van der Waals surface area contributed by atoms with Crippen molar-refractivity contribution < 1.29 is 24.5 Å². The molecule has 130 valence electrons. The van der Waals surface area contributed by atoms with Crippen LogP contribution in [-0.4, -0.2) is 47.7 Å². The molecule has 0 aromatic rings. The average molecular weight is 316 g/mol. The molecule has 0 saturated carbocycles. The summed E-state index contributed by atoms with van der Waals surface area (Å²) in [6.07, 6.45) is 7.54. The van der Waals surface area contributed by atoms with Crippen LogP contribution < -0.4 is 0 Å². The molecule has 1 aliphatic rings. The first-order valence-corrected chi connectivity index (χ1v) is 8.73. The lowest BCUT2D eigenvalue weighted by Gasteiger charge is -2.27. The first-order valence-electron chi connectivity index (χ1n) is 8.73. The van der Waals surface area contributed by atoms with Gasteiger partial charge in [-0.3, -0.25) is 4.79 Å². The highest BCUT2D eigenvalue weighted by molar-refractivity contribution is 5.78. The van der Waals surface area contributed by atoms with Crippen LogP contribution in [-0.2, 0) is 14.3 Å². The third-order valence-electron chi connectivity index (χ3n) is 4.12. The SMILES string of the molecule is CC[C@H](CCCC(=O)CCCC(O)CO)OC1CCCCO1. The second-order valence-electron chi connectivity index (χ2n) is 6.12. The van der Waals surface area contributed by atoms with Gasteiger partial charge >= 0.3 is 0 Å². The molecule has 22 heavy (non-hydrogen) atoms. The Morgan fingerprint density at radius 2 is 2.00 bits per heavy atom. The quantitative estimate of drug-likeness (QED) is 0.579. The van der Waals surface area contributed by atoms with Crippen molar-refractivity contribution in [2.75, 3.05) is 13.2 Å². The minimum absolute atomic E-state index is 0.0608. The second-order valence-corrected chi connectivity index (χ2v) is 6.12. The molecule has 0 radical (unpaired) electrons. The lowest BCUT2D eigenvalue weighted by molar-refractivity contribution is -0.189. The van der Waals surface area contributed by atoms with Gasteiger partial charge in [0.1, 0.15) is 5.78 Å². The Labute approximate surface area is 134 Å². The Balaban J connectivity index is 2.08. The number of aliphatic hydroxyl groups excluding tert-OH is 2. The van der Waals surface area contributed by atoms with E-state index >= 15 is 0 Å². The molecule has 0 aromatic carbocycles. The molecule has 1 rings (SSSR count). The van der Waals surface area contributed by atoms with Gasteiger partial charge < -0.3 is 19.7 Å². The number of Topliss-reactive ketones (excluding diaryl/α,β-unsaturated/α-hetero) is 1. The predicted molar refractivity (Wildman–Crippen MR) is 84.6 cm³/mol. The van der Waals surface area contributed by atoms with Crippen molar-refractivity contribution in [1.29, 1.82) is 0 Å². The van der Waals surface area contributed by atoms with Crippen LogP contribution in [0.4, 0.5) is 0 Å². The van der Waals surface area contributed by atoms with E-state index in [4.69, 9.17) is 14.6 Å². The van der Waals surface area contributed by atoms with Gasteiger partial charge in [-0.15, -0.1) is 0 Å². The number of ether oxygens (including phenoxy) is 2. The van der Waals surface area contributed by atoms with Crippen molar-refractivity contribution in [1.82, 2.24) is 0 Å². The van der Waals surface area contributed by atoms with Crippen molar-refractivity contribution in [3.8, 4) is 0 Å². The molecule has 0 spiro atoms. The summed E-state index contributed by atoms with van der Waals surface area (Å²) in [5, 5.41) is 17.9. The van der Waals surface area contributed by atoms with Crippen molar-refractivity contribution in [2.45, 2.75) is 89.6 Å². The summed E-state index contributed by atoms with van der Waals surface area (Å²) in [6.45, 7) is 2.66. The van der Waals surface area contributed by atoms with Crippen LogP contribution in [0.2, 0.25) is 0 Å². The minimum Gasteiger partial charge on any atom is -0.394 e. The fourth-order valence-corrected chi connectivity index (χ4v) is 2.68. The number of hydrogen-bond donors (Lipinski definition) is 2. The van der Waals surface area contributed by atoms with Crippen LogP contribution >= 0.6 is 0 Å². The first kappa shape index (κ1) is 19.6. The Morgan fingerprint density at radius 3 is 2.59 bits per heavy atom. The third-order valence-corrected chi connectivity index (χ3v) is 4.12. The monoisotopic (exact) mass is 316 g/mol. The van der Waals surface area contributed by atoms with Crippen molar-refractivity contribution >= 4 is 5.78 Å². The van der Waals surface area contributed by atoms with Crippen LogP contribution in [0.25, 0.3) is 0 Å². The van der Waals surface area contributed by atoms with Crippen molar-refractivity contribution in [3.63, 3.8) is 0 Å². The van der Waals surface area contributed by atoms with E-state index in [9.17, 15) is 9.90 Å². The van der Waals surface area contributed by atoms with Gasteiger partial charge in [0.25, 0.3) is 0 Å². The van der Waals surface area contributed by atoms with Gasteiger partial charge in [-0.1, -0.05) is 6.92 Å². The largest absolute Gasteiger partial charge is 0.394 e. The van der Waals surface area contributed by atoms with Gasteiger partial charge in [-0.2, -0.15) is 0 Å². The molecule has 1 fully saturated rings. The highest BCUT2D eigenvalue weighted by Gasteiger charge is 2.18. The summed E-state index contributed by atoms with van der Waals surface area (Å²) < 4.78 is 11.5. The summed E-state index contributed by atoms with van der Waals surface area (Å²) in [7, 11) is 0. The maximum atomic E-state index is 11.8. The molecule has 0 aliphatic carbocycles. The molecule has 2 unspecified atom stereocenters. The maximum absolute atomic E-state index is 11.8. The minimum atomic E-state index is -0.693. The average Bonchev–Trinajstić information content (AvgIpc) is 2.54. The summed E-state index contributed by atoms with van der Waals surface area (Å²) in [6, 6.07) is 0. The van der Waals surface area contributed by atoms with E-state index in [0.29, 0.717) is 25.7 Å². The van der Waals surface area contributed by atoms with Gasteiger partial charge in [0.2, 0.25) is 0 Å². The van der Waals surface area contributed by atoms with E-state index in [1.54, 1.807) is 0 Å². The molecule has 5 heteroatoms. The van der Waals surface area contributed by atoms with Gasteiger partial charge in [0, 0.05) is 19.4 Å². The van der Waals surface area contributed by atoms with Crippen LogP contribution in [0.15, 0.2) is 0 Å². The second kappa shape index (κ2) is 12.0. The number of carbonyl (C=O) groups is 1. The lowest BCUT2D eigenvalue weighted by Crippen LogP contribution is -2.27.